The summed E-state index contributed by atoms with van der Waals surface area (Å²) in [6.45, 7) is 4.23. The molecule has 0 aliphatic heterocycles. The van der Waals surface area contributed by atoms with Gasteiger partial charge in [-0.25, -0.2) is 0 Å². The van der Waals surface area contributed by atoms with Crippen molar-refractivity contribution in [2.24, 2.45) is 0 Å². The minimum atomic E-state index is 0.234. The first-order valence-electron chi connectivity index (χ1n) is 6.57. The topological polar surface area (TPSA) is 21.3 Å². The summed E-state index contributed by atoms with van der Waals surface area (Å²) in [5.41, 5.74) is 2.38. The van der Waals surface area contributed by atoms with Crippen LogP contribution in [-0.4, -0.2) is 26.3 Å². The fourth-order valence-corrected chi connectivity index (χ4v) is 2.55. The summed E-state index contributed by atoms with van der Waals surface area (Å²) in [6, 6.07) is 6.54. The van der Waals surface area contributed by atoms with Gasteiger partial charge in [-0.05, 0) is 44.0 Å². The van der Waals surface area contributed by atoms with Crippen LogP contribution in [0.3, 0.4) is 0 Å². The quantitative estimate of drug-likeness (QED) is 0.817. The minimum absolute atomic E-state index is 0.234. The second kappa shape index (κ2) is 7.78. The van der Waals surface area contributed by atoms with E-state index in [1.165, 1.54) is 11.1 Å². The van der Waals surface area contributed by atoms with Gasteiger partial charge in [-0.1, -0.05) is 37.1 Å². The Morgan fingerprint density at radius 1 is 1.39 bits per heavy atom. The summed E-state index contributed by atoms with van der Waals surface area (Å²) in [5, 5.41) is 4.19. The zero-order chi connectivity index (χ0) is 13.5. The largest absolute Gasteiger partial charge is 0.380 e. The van der Waals surface area contributed by atoms with Gasteiger partial charge in [0, 0.05) is 18.2 Å². The van der Waals surface area contributed by atoms with Crippen molar-refractivity contribution in [3.8, 4) is 0 Å². The highest BCUT2D eigenvalue weighted by atomic mass is 35.5. The van der Waals surface area contributed by atoms with Gasteiger partial charge in [0.1, 0.15) is 0 Å². The van der Waals surface area contributed by atoms with E-state index in [1.54, 1.807) is 7.11 Å². The molecule has 0 saturated heterocycles. The summed E-state index contributed by atoms with van der Waals surface area (Å²) >= 11 is 6.29. The molecule has 0 aliphatic rings. The molecular weight excluding hydrogens is 246 g/mol. The molecule has 18 heavy (non-hydrogen) atoms. The summed E-state index contributed by atoms with van der Waals surface area (Å²) in [6.07, 6.45) is 3.31. The van der Waals surface area contributed by atoms with Crippen molar-refractivity contribution in [1.29, 1.82) is 0 Å². The van der Waals surface area contributed by atoms with Gasteiger partial charge in [-0.15, -0.1) is 0 Å². The van der Waals surface area contributed by atoms with Crippen LogP contribution in [0.2, 0.25) is 5.02 Å². The molecule has 0 spiro atoms. The van der Waals surface area contributed by atoms with Crippen LogP contribution in [0.1, 0.15) is 30.9 Å². The second-order valence-electron chi connectivity index (χ2n) is 4.76. The minimum Gasteiger partial charge on any atom is -0.380 e. The van der Waals surface area contributed by atoms with E-state index in [2.05, 4.69) is 31.3 Å². The molecule has 0 fully saturated rings. The van der Waals surface area contributed by atoms with Gasteiger partial charge >= 0.3 is 0 Å². The van der Waals surface area contributed by atoms with Gasteiger partial charge in [0.25, 0.3) is 0 Å². The normalized spacial score (nSPS) is 14.5. The first-order valence-corrected chi connectivity index (χ1v) is 6.95. The van der Waals surface area contributed by atoms with Gasteiger partial charge in [0.05, 0.1) is 6.10 Å². The molecule has 0 saturated carbocycles. The Morgan fingerprint density at radius 2 is 2.11 bits per heavy atom. The van der Waals surface area contributed by atoms with Gasteiger partial charge in [-0.2, -0.15) is 0 Å². The molecule has 2 unspecified atom stereocenters. The molecule has 0 radical (unpaired) electrons. The molecule has 1 aromatic carbocycles. The van der Waals surface area contributed by atoms with Crippen molar-refractivity contribution < 1.29 is 4.74 Å². The number of benzene rings is 1. The number of aryl methyl sites for hydroxylation is 1. The standard InChI is InChI=1S/C15H24ClNO/c1-5-6-15(18-4)14(17-3)10-12-8-7-11(2)9-13(12)16/h7-9,14-15,17H,5-6,10H2,1-4H3. The Kier molecular flexibility index (Phi) is 6.69. The molecule has 0 bridgehead atoms. The van der Waals surface area contributed by atoms with Crippen molar-refractivity contribution in [3.63, 3.8) is 0 Å². The van der Waals surface area contributed by atoms with E-state index < -0.39 is 0 Å². The summed E-state index contributed by atoms with van der Waals surface area (Å²) in [7, 11) is 3.76. The van der Waals surface area contributed by atoms with E-state index in [4.69, 9.17) is 16.3 Å². The lowest BCUT2D eigenvalue weighted by molar-refractivity contribution is 0.0633. The predicted molar refractivity (Wildman–Crippen MR) is 78.4 cm³/mol. The molecule has 0 heterocycles. The van der Waals surface area contributed by atoms with Crippen LogP contribution in [0.4, 0.5) is 0 Å². The Morgan fingerprint density at radius 3 is 2.61 bits per heavy atom. The average Bonchev–Trinajstić information content (AvgIpc) is 2.36. The number of ether oxygens (including phenoxy) is 1. The maximum atomic E-state index is 6.29. The predicted octanol–water partition coefficient (Wildman–Crippen LogP) is 3.59. The summed E-state index contributed by atoms with van der Waals surface area (Å²) < 4.78 is 5.57. The Balaban J connectivity index is 2.78. The van der Waals surface area contributed by atoms with Crippen molar-refractivity contribution in [3.05, 3.63) is 34.3 Å². The molecule has 0 aromatic heterocycles. The van der Waals surface area contributed by atoms with E-state index in [0.29, 0.717) is 6.04 Å². The smallest absolute Gasteiger partial charge is 0.0727 e. The SMILES string of the molecule is CCCC(OC)C(Cc1ccc(C)cc1Cl)NC. The van der Waals surface area contributed by atoms with E-state index in [9.17, 15) is 0 Å². The van der Waals surface area contributed by atoms with Gasteiger partial charge in [0.2, 0.25) is 0 Å². The Hall–Kier alpha value is -0.570. The van der Waals surface area contributed by atoms with Crippen LogP contribution in [0.5, 0.6) is 0 Å². The van der Waals surface area contributed by atoms with Crippen LogP contribution in [0.25, 0.3) is 0 Å². The van der Waals surface area contributed by atoms with Crippen molar-refractivity contribution in [2.75, 3.05) is 14.2 Å². The number of methoxy groups -OCH3 is 1. The number of hydrogen-bond acceptors (Lipinski definition) is 2. The van der Waals surface area contributed by atoms with Crippen molar-refractivity contribution in [2.45, 2.75) is 45.3 Å². The van der Waals surface area contributed by atoms with Crippen LogP contribution >= 0.6 is 11.6 Å². The summed E-state index contributed by atoms with van der Waals surface area (Å²) in [5.74, 6) is 0. The molecule has 0 amide bonds. The number of halogens is 1. The van der Waals surface area contributed by atoms with Crippen LogP contribution < -0.4 is 5.32 Å². The third-order valence-electron chi connectivity index (χ3n) is 3.34. The third kappa shape index (κ3) is 4.27. The molecule has 1 aromatic rings. The highest BCUT2D eigenvalue weighted by molar-refractivity contribution is 6.31. The third-order valence-corrected chi connectivity index (χ3v) is 3.70. The first-order chi connectivity index (χ1) is 8.62. The second-order valence-corrected chi connectivity index (χ2v) is 5.16. The van der Waals surface area contributed by atoms with Crippen molar-refractivity contribution in [1.82, 2.24) is 5.32 Å². The molecule has 102 valence electrons. The maximum Gasteiger partial charge on any atom is 0.0727 e. The number of rotatable bonds is 7. The lowest BCUT2D eigenvalue weighted by Crippen LogP contribution is -2.40. The number of nitrogens with one attached hydrogen (secondary N) is 1. The lowest BCUT2D eigenvalue weighted by atomic mass is 9.98. The Bertz CT molecular complexity index is 368. The van der Waals surface area contributed by atoms with E-state index in [0.717, 1.165) is 24.3 Å². The van der Waals surface area contributed by atoms with Crippen LogP contribution in [-0.2, 0) is 11.2 Å². The molecular formula is C15H24ClNO. The average molecular weight is 270 g/mol. The highest BCUT2D eigenvalue weighted by Gasteiger charge is 2.20. The van der Waals surface area contributed by atoms with E-state index in [-0.39, 0.29) is 6.10 Å². The van der Waals surface area contributed by atoms with Crippen LogP contribution in [0.15, 0.2) is 18.2 Å². The molecule has 1 rings (SSSR count). The number of likely N-dealkylation sites (N-methyl/N-ethyl adjacent to an activating group) is 1. The zero-order valence-electron chi connectivity index (χ0n) is 11.8. The fourth-order valence-electron chi connectivity index (χ4n) is 2.24. The van der Waals surface area contributed by atoms with E-state index >= 15 is 0 Å². The van der Waals surface area contributed by atoms with E-state index in [1.807, 2.05) is 13.1 Å². The fraction of sp³-hybridized carbons (Fsp3) is 0.600. The molecule has 3 heteroatoms. The first kappa shape index (κ1) is 15.5. The molecule has 1 N–H and O–H groups in total. The van der Waals surface area contributed by atoms with Gasteiger partial charge in [0.15, 0.2) is 0 Å². The number of hydrogen-bond donors (Lipinski definition) is 1. The van der Waals surface area contributed by atoms with Gasteiger partial charge < -0.3 is 10.1 Å². The zero-order valence-corrected chi connectivity index (χ0v) is 12.6. The molecule has 2 atom stereocenters. The van der Waals surface area contributed by atoms with Crippen LogP contribution in [0, 0.1) is 6.92 Å². The Labute approximate surface area is 116 Å². The lowest BCUT2D eigenvalue weighted by Gasteiger charge is -2.26. The highest BCUT2D eigenvalue weighted by Crippen LogP contribution is 2.21. The maximum absolute atomic E-state index is 6.29. The van der Waals surface area contributed by atoms with Crippen molar-refractivity contribution >= 4 is 11.6 Å². The molecule has 0 aliphatic carbocycles. The molecule has 2 nitrogen and oxygen atoms in total. The monoisotopic (exact) mass is 269 g/mol. The van der Waals surface area contributed by atoms with Gasteiger partial charge in [-0.3, -0.25) is 0 Å². The summed E-state index contributed by atoms with van der Waals surface area (Å²) in [4.78, 5) is 0.